The lowest BCUT2D eigenvalue weighted by Crippen LogP contribution is -2.43. The van der Waals surface area contributed by atoms with Gasteiger partial charge in [0, 0.05) is 24.7 Å². The van der Waals surface area contributed by atoms with Crippen LogP contribution in [0.15, 0.2) is 78.9 Å². The molecule has 29 heavy (non-hydrogen) atoms. The van der Waals surface area contributed by atoms with Gasteiger partial charge in [-0.1, -0.05) is 60.7 Å². The number of benzene rings is 3. The molecule has 0 saturated carbocycles. The van der Waals surface area contributed by atoms with E-state index in [2.05, 4.69) is 53.4 Å². The molecule has 4 rings (SSSR count). The molecule has 0 saturated heterocycles. The van der Waals surface area contributed by atoms with Crippen molar-refractivity contribution in [3.8, 4) is 5.75 Å². The smallest absolute Gasteiger partial charge is 0.248 e. The Balaban J connectivity index is 1.53. The predicted molar refractivity (Wildman–Crippen MR) is 115 cm³/mol. The number of carbonyl (C=O) groups excluding carboxylic acids is 1. The van der Waals surface area contributed by atoms with Gasteiger partial charge in [0.2, 0.25) is 5.91 Å². The molecule has 0 fully saturated rings. The second-order valence-electron chi connectivity index (χ2n) is 7.55. The summed E-state index contributed by atoms with van der Waals surface area (Å²) < 4.78 is 6.05. The molecule has 0 aromatic heterocycles. The van der Waals surface area contributed by atoms with Gasteiger partial charge >= 0.3 is 0 Å². The normalized spacial score (nSPS) is 15.6. The molecule has 148 valence electrons. The molecule has 1 aliphatic heterocycles. The van der Waals surface area contributed by atoms with Gasteiger partial charge in [0.15, 0.2) is 0 Å². The highest BCUT2D eigenvalue weighted by Gasteiger charge is 2.26. The van der Waals surface area contributed by atoms with Crippen LogP contribution in [0.25, 0.3) is 0 Å². The standard InChI is InChI=1S/C25H26N2O2/c26-25(28)21-11-12-24-22(15-21)16-23(18-29-24)27(17-20-9-5-2-6-10-20)14-13-19-7-3-1-4-8-19/h1-12,15,23H,13-14,16-18H2,(H2,26,28)/t23-/m0/s1. The van der Waals surface area contributed by atoms with Crippen LogP contribution in [0.3, 0.4) is 0 Å². The van der Waals surface area contributed by atoms with Gasteiger partial charge in [-0.3, -0.25) is 9.69 Å². The number of rotatable bonds is 7. The van der Waals surface area contributed by atoms with Crippen LogP contribution in [-0.2, 0) is 19.4 Å². The van der Waals surface area contributed by atoms with Crippen molar-refractivity contribution in [2.24, 2.45) is 5.73 Å². The molecule has 1 amide bonds. The van der Waals surface area contributed by atoms with Crippen molar-refractivity contribution < 1.29 is 9.53 Å². The lowest BCUT2D eigenvalue weighted by molar-refractivity contribution is 0.0998. The molecule has 0 bridgehead atoms. The quantitative estimate of drug-likeness (QED) is 0.671. The zero-order valence-corrected chi connectivity index (χ0v) is 16.5. The minimum atomic E-state index is -0.403. The van der Waals surface area contributed by atoms with Crippen molar-refractivity contribution in [1.29, 1.82) is 0 Å². The van der Waals surface area contributed by atoms with Crippen molar-refractivity contribution in [2.45, 2.75) is 25.4 Å². The molecule has 4 heteroatoms. The largest absolute Gasteiger partial charge is 0.492 e. The monoisotopic (exact) mass is 386 g/mol. The molecule has 4 nitrogen and oxygen atoms in total. The highest BCUT2D eigenvalue weighted by molar-refractivity contribution is 5.93. The molecule has 1 atom stereocenters. The summed E-state index contributed by atoms with van der Waals surface area (Å²) in [4.78, 5) is 14.1. The molecule has 2 N–H and O–H groups in total. The number of amides is 1. The number of hydrogen-bond acceptors (Lipinski definition) is 3. The maximum atomic E-state index is 11.6. The first kappa shape index (κ1) is 19.2. The second-order valence-corrected chi connectivity index (χ2v) is 7.55. The van der Waals surface area contributed by atoms with E-state index in [0.29, 0.717) is 12.2 Å². The molecule has 1 aliphatic rings. The summed E-state index contributed by atoms with van der Waals surface area (Å²) in [5.41, 5.74) is 9.67. The number of ether oxygens (including phenoxy) is 1. The highest BCUT2D eigenvalue weighted by atomic mass is 16.5. The van der Waals surface area contributed by atoms with Gasteiger partial charge in [-0.2, -0.15) is 0 Å². The highest BCUT2D eigenvalue weighted by Crippen LogP contribution is 2.28. The third-order valence-corrected chi connectivity index (χ3v) is 5.51. The van der Waals surface area contributed by atoms with Crippen LogP contribution in [0.2, 0.25) is 0 Å². The van der Waals surface area contributed by atoms with Crippen LogP contribution >= 0.6 is 0 Å². The summed E-state index contributed by atoms with van der Waals surface area (Å²) in [6, 6.07) is 26.8. The summed E-state index contributed by atoms with van der Waals surface area (Å²) in [5.74, 6) is 0.453. The maximum Gasteiger partial charge on any atom is 0.248 e. The average Bonchev–Trinajstić information content (AvgIpc) is 2.77. The Bertz CT molecular complexity index is 957. The summed E-state index contributed by atoms with van der Waals surface area (Å²) in [5, 5.41) is 0. The van der Waals surface area contributed by atoms with E-state index in [9.17, 15) is 4.79 Å². The number of nitrogens with two attached hydrogens (primary N) is 1. The van der Waals surface area contributed by atoms with E-state index in [0.717, 1.165) is 37.2 Å². The molecule has 3 aromatic carbocycles. The first-order valence-corrected chi connectivity index (χ1v) is 10.1. The van der Waals surface area contributed by atoms with E-state index < -0.39 is 5.91 Å². The average molecular weight is 386 g/mol. The predicted octanol–water partition coefficient (Wildman–Crippen LogP) is 3.83. The maximum absolute atomic E-state index is 11.6. The van der Waals surface area contributed by atoms with Gasteiger partial charge in [-0.25, -0.2) is 0 Å². The Hall–Kier alpha value is -3.11. The van der Waals surface area contributed by atoms with E-state index in [4.69, 9.17) is 10.5 Å². The lowest BCUT2D eigenvalue weighted by atomic mass is 9.98. The third-order valence-electron chi connectivity index (χ3n) is 5.51. The van der Waals surface area contributed by atoms with Crippen molar-refractivity contribution in [3.63, 3.8) is 0 Å². The summed E-state index contributed by atoms with van der Waals surface area (Å²) in [6.07, 6.45) is 1.83. The summed E-state index contributed by atoms with van der Waals surface area (Å²) >= 11 is 0. The van der Waals surface area contributed by atoms with Crippen LogP contribution in [-0.4, -0.2) is 30.0 Å². The van der Waals surface area contributed by atoms with E-state index in [1.807, 2.05) is 24.3 Å². The van der Waals surface area contributed by atoms with Crippen LogP contribution in [0.4, 0.5) is 0 Å². The molecule has 0 spiro atoms. The fraction of sp³-hybridized carbons (Fsp3) is 0.240. The van der Waals surface area contributed by atoms with Gasteiger partial charge in [0.25, 0.3) is 0 Å². The van der Waals surface area contributed by atoms with E-state index in [1.54, 1.807) is 6.07 Å². The molecule has 0 radical (unpaired) electrons. The third kappa shape index (κ3) is 4.84. The Labute approximate surface area is 171 Å². The van der Waals surface area contributed by atoms with Crippen LogP contribution in [0, 0.1) is 0 Å². The van der Waals surface area contributed by atoms with Crippen LogP contribution < -0.4 is 10.5 Å². The van der Waals surface area contributed by atoms with Gasteiger partial charge in [0.1, 0.15) is 12.4 Å². The van der Waals surface area contributed by atoms with Gasteiger partial charge < -0.3 is 10.5 Å². The van der Waals surface area contributed by atoms with Gasteiger partial charge in [-0.05, 0) is 47.7 Å². The summed E-state index contributed by atoms with van der Waals surface area (Å²) in [7, 11) is 0. The Morgan fingerprint density at radius 1 is 0.966 bits per heavy atom. The van der Waals surface area contributed by atoms with E-state index >= 15 is 0 Å². The first-order valence-electron chi connectivity index (χ1n) is 10.1. The Morgan fingerprint density at radius 2 is 1.66 bits per heavy atom. The van der Waals surface area contributed by atoms with Gasteiger partial charge in [-0.15, -0.1) is 0 Å². The van der Waals surface area contributed by atoms with E-state index in [-0.39, 0.29) is 6.04 Å². The van der Waals surface area contributed by atoms with Crippen molar-refractivity contribution in [2.75, 3.05) is 13.2 Å². The van der Waals surface area contributed by atoms with E-state index in [1.165, 1.54) is 11.1 Å². The number of primary amides is 1. The summed E-state index contributed by atoms with van der Waals surface area (Å²) in [6.45, 7) is 2.45. The minimum absolute atomic E-state index is 0.245. The van der Waals surface area contributed by atoms with Crippen molar-refractivity contribution in [3.05, 3.63) is 101 Å². The number of fused-ring (bicyclic) bond motifs is 1. The molecule has 3 aromatic rings. The molecular formula is C25H26N2O2. The minimum Gasteiger partial charge on any atom is -0.492 e. The topological polar surface area (TPSA) is 55.6 Å². The number of hydrogen-bond donors (Lipinski definition) is 1. The van der Waals surface area contributed by atoms with Crippen molar-refractivity contribution in [1.82, 2.24) is 4.90 Å². The van der Waals surface area contributed by atoms with Crippen LogP contribution in [0.5, 0.6) is 5.75 Å². The zero-order chi connectivity index (χ0) is 20.1. The second kappa shape index (κ2) is 8.93. The molecular weight excluding hydrogens is 360 g/mol. The SMILES string of the molecule is NC(=O)c1ccc2c(c1)C[C@H](N(CCc1ccccc1)Cc1ccccc1)CO2. The Morgan fingerprint density at radius 3 is 2.34 bits per heavy atom. The van der Waals surface area contributed by atoms with Gasteiger partial charge in [0.05, 0.1) is 0 Å². The fourth-order valence-electron chi connectivity index (χ4n) is 3.89. The first-order chi connectivity index (χ1) is 14.2. The number of nitrogens with zero attached hydrogens (tertiary/aromatic N) is 1. The Kier molecular flexibility index (Phi) is 5.92. The fourth-order valence-corrected chi connectivity index (χ4v) is 3.89. The number of carbonyl (C=O) groups is 1. The zero-order valence-electron chi connectivity index (χ0n) is 16.5. The molecule has 0 unspecified atom stereocenters. The van der Waals surface area contributed by atoms with Crippen LogP contribution in [0.1, 0.15) is 27.0 Å². The molecule has 1 heterocycles. The lowest BCUT2D eigenvalue weighted by Gasteiger charge is -2.35. The van der Waals surface area contributed by atoms with Crippen molar-refractivity contribution >= 4 is 5.91 Å². The molecule has 0 aliphatic carbocycles.